The van der Waals surface area contributed by atoms with Crippen molar-refractivity contribution >= 4 is 41.8 Å². The number of rotatable bonds is 44. The first-order valence-electron chi connectivity index (χ1n) is 27.7. The highest BCUT2D eigenvalue weighted by Crippen LogP contribution is 2.28. The van der Waals surface area contributed by atoms with Crippen molar-refractivity contribution in [3.63, 3.8) is 0 Å². The van der Waals surface area contributed by atoms with E-state index in [1.165, 1.54) is 53.9 Å². The van der Waals surface area contributed by atoms with Crippen LogP contribution in [0.5, 0.6) is 0 Å². The molecule has 16 heteroatoms. The average molecular weight is 1000 g/mol. The van der Waals surface area contributed by atoms with Gasteiger partial charge < -0.3 is 33.3 Å². The van der Waals surface area contributed by atoms with Crippen LogP contribution in [0.15, 0.2) is 18.7 Å². The Labute approximate surface area is 426 Å². The Balaban J connectivity index is 2.00. The van der Waals surface area contributed by atoms with Crippen LogP contribution in [0.4, 0.5) is 4.79 Å². The lowest BCUT2D eigenvalue weighted by atomic mass is 9.94. The van der Waals surface area contributed by atoms with E-state index in [2.05, 4.69) is 32.7 Å². The number of ether oxygens (including phenoxy) is 6. The smallest absolute Gasteiger partial charge is 0.330 e. The molecule has 0 spiro atoms. The summed E-state index contributed by atoms with van der Waals surface area (Å²) < 4.78 is 34.9. The van der Waals surface area contributed by atoms with Crippen LogP contribution in [0.1, 0.15) is 227 Å². The second kappa shape index (κ2) is 41.0. The summed E-state index contributed by atoms with van der Waals surface area (Å²) in [6.07, 6.45) is 29.9. The van der Waals surface area contributed by atoms with Crippen molar-refractivity contribution in [2.45, 2.75) is 239 Å². The fourth-order valence-corrected chi connectivity index (χ4v) is 8.45. The molecular formula is C55H93N3O13. The molecule has 0 aromatic carbocycles. The van der Waals surface area contributed by atoms with Gasteiger partial charge in [0.15, 0.2) is 0 Å². The van der Waals surface area contributed by atoms with Gasteiger partial charge in [-0.15, -0.1) is 0 Å². The Morgan fingerprint density at radius 2 is 0.746 bits per heavy atom. The SMILES string of the molecule is CCCCCCCCC(=O)OCC(COC(=O)CCCCCCCC)CC(=O)OC[C@@H]1C[C@H](COC(=O)CC(COC(=O)CCCCCCCC)COC(=O)CCCCCCCC)N1C(=O)n1ccnc1. The molecule has 2 heterocycles. The van der Waals surface area contributed by atoms with Crippen molar-refractivity contribution in [1.82, 2.24) is 14.5 Å². The van der Waals surface area contributed by atoms with Gasteiger partial charge in [0.2, 0.25) is 0 Å². The van der Waals surface area contributed by atoms with Crippen molar-refractivity contribution in [3.05, 3.63) is 18.7 Å². The molecule has 0 bridgehead atoms. The van der Waals surface area contributed by atoms with E-state index in [-0.39, 0.29) is 102 Å². The van der Waals surface area contributed by atoms with Gasteiger partial charge in [-0.1, -0.05) is 156 Å². The maximum atomic E-state index is 13.7. The standard InChI is InChI=1S/C55H93N3O13/c1-5-9-13-17-21-25-29-49(59)66-38-45(39-67-50(60)30-26-22-18-14-10-6-2)35-53(63)70-42-47-37-48(58(47)55(65)57-34-33-56-44-57)43-71-54(64)36-46(40-68-51(61)31-27-23-19-15-11-7-3)41-69-52(62)32-28-24-20-16-12-8-4/h33-34,44-48H,5-32,35-43H2,1-4H3/t47-,48+. The highest BCUT2D eigenvalue weighted by atomic mass is 16.6. The van der Waals surface area contributed by atoms with Gasteiger partial charge in [-0.05, 0) is 32.1 Å². The molecule has 1 aromatic heterocycles. The minimum atomic E-state index is -0.627. The minimum absolute atomic E-state index is 0.111. The van der Waals surface area contributed by atoms with Crippen LogP contribution in [0.25, 0.3) is 0 Å². The first-order valence-corrected chi connectivity index (χ1v) is 27.7. The molecule has 2 rings (SSSR count). The third-order valence-corrected chi connectivity index (χ3v) is 12.9. The topological polar surface area (TPSA) is 196 Å². The van der Waals surface area contributed by atoms with E-state index in [1.54, 1.807) is 0 Å². The number of unbranched alkanes of at least 4 members (excludes halogenated alkanes) is 20. The van der Waals surface area contributed by atoms with E-state index in [0.29, 0.717) is 32.1 Å². The van der Waals surface area contributed by atoms with Crippen LogP contribution in [0, 0.1) is 11.8 Å². The predicted octanol–water partition coefficient (Wildman–Crippen LogP) is 11.6. The molecule has 1 amide bonds. The van der Waals surface area contributed by atoms with E-state index in [4.69, 9.17) is 28.4 Å². The van der Waals surface area contributed by atoms with Gasteiger partial charge in [0.05, 0.1) is 51.4 Å². The number of esters is 6. The molecule has 0 radical (unpaired) electrons. The molecule has 406 valence electrons. The highest BCUT2D eigenvalue weighted by molar-refractivity contribution is 5.79. The molecule has 1 aliphatic heterocycles. The lowest BCUT2D eigenvalue weighted by molar-refractivity contribution is -0.159. The van der Waals surface area contributed by atoms with Gasteiger partial charge in [0.1, 0.15) is 19.5 Å². The van der Waals surface area contributed by atoms with E-state index in [1.807, 2.05) is 0 Å². The summed E-state index contributed by atoms with van der Waals surface area (Å²) >= 11 is 0. The van der Waals surface area contributed by atoms with Crippen molar-refractivity contribution in [3.8, 4) is 0 Å². The summed E-state index contributed by atoms with van der Waals surface area (Å²) in [6, 6.07) is -1.55. The number of hydrogen-bond donors (Lipinski definition) is 0. The number of carbonyl (C=O) groups is 7. The molecule has 0 unspecified atom stereocenters. The zero-order valence-corrected chi connectivity index (χ0v) is 44.4. The van der Waals surface area contributed by atoms with Gasteiger partial charge in [0, 0.05) is 49.9 Å². The van der Waals surface area contributed by atoms with Crippen molar-refractivity contribution in [2.75, 3.05) is 39.6 Å². The molecule has 1 saturated heterocycles. The van der Waals surface area contributed by atoms with E-state index >= 15 is 0 Å². The molecule has 0 saturated carbocycles. The van der Waals surface area contributed by atoms with Crippen molar-refractivity contribution < 1.29 is 62.0 Å². The van der Waals surface area contributed by atoms with Crippen molar-refractivity contribution in [1.29, 1.82) is 0 Å². The largest absolute Gasteiger partial charge is 0.465 e. The summed E-state index contributed by atoms with van der Waals surface area (Å²) in [7, 11) is 0. The van der Waals surface area contributed by atoms with Gasteiger partial charge in [-0.25, -0.2) is 9.78 Å². The number of carbonyl (C=O) groups excluding carboxylic acids is 7. The molecule has 16 nitrogen and oxygen atoms in total. The van der Waals surface area contributed by atoms with Gasteiger partial charge in [0.25, 0.3) is 0 Å². The lowest BCUT2D eigenvalue weighted by Crippen LogP contribution is -2.63. The number of amides is 1. The molecular weight excluding hydrogens is 911 g/mol. The maximum absolute atomic E-state index is 13.7. The van der Waals surface area contributed by atoms with Crippen LogP contribution in [-0.2, 0) is 57.2 Å². The van der Waals surface area contributed by atoms with Crippen LogP contribution >= 0.6 is 0 Å². The number of aromatic nitrogens is 2. The monoisotopic (exact) mass is 1000 g/mol. The Bertz CT molecular complexity index is 1450. The van der Waals surface area contributed by atoms with E-state index in [0.717, 1.165) is 103 Å². The molecule has 0 aliphatic carbocycles. The third-order valence-electron chi connectivity index (χ3n) is 12.9. The summed E-state index contributed by atoms with van der Waals surface area (Å²) in [5.74, 6) is -3.94. The van der Waals surface area contributed by atoms with E-state index in [9.17, 15) is 33.6 Å². The maximum Gasteiger partial charge on any atom is 0.330 e. The first kappa shape index (κ1) is 62.6. The van der Waals surface area contributed by atoms with Crippen LogP contribution < -0.4 is 0 Å². The van der Waals surface area contributed by atoms with Crippen LogP contribution in [-0.4, -0.2) is 108 Å². The number of imidazole rings is 1. The van der Waals surface area contributed by atoms with E-state index < -0.39 is 41.9 Å². The third kappa shape index (κ3) is 30.9. The Morgan fingerprint density at radius 1 is 0.437 bits per heavy atom. The summed E-state index contributed by atoms with van der Waals surface area (Å²) in [5.41, 5.74) is 0. The predicted molar refractivity (Wildman–Crippen MR) is 271 cm³/mol. The Kier molecular flexibility index (Phi) is 36.2. The minimum Gasteiger partial charge on any atom is -0.465 e. The van der Waals surface area contributed by atoms with Crippen LogP contribution in [0.3, 0.4) is 0 Å². The molecule has 2 atom stereocenters. The van der Waals surface area contributed by atoms with Gasteiger partial charge >= 0.3 is 41.8 Å². The molecule has 1 aromatic rings. The van der Waals surface area contributed by atoms with Crippen molar-refractivity contribution in [2.24, 2.45) is 11.8 Å². The second-order valence-electron chi connectivity index (χ2n) is 19.5. The Morgan fingerprint density at radius 3 is 1.04 bits per heavy atom. The number of nitrogens with zero attached hydrogens (tertiary/aromatic N) is 3. The number of likely N-dealkylation sites (tertiary alicyclic amines) is 1. The summed E-state index contributed by atoms with van der Waals surface area (Å²) in [5, 5.41) is 0. The fourth-order valence-electron chi connectivity index (χ4n) is 8.45. The quantitative estimate of drug-likeness (QED) is 0.0340. The van der Waals surface area contributed by atoms with Crippen LogP contribution in [0.2, 0.25) is 0 Å². The average Bonchev–Trinajstić information content (AvgIpc) is 3.90. The first-order chi connectivity index (χ1) is 34.5. The zero-order valence-electron chi connectivity index (χ0n) is 44.4. The molecule has 1 aliphatic rings. The Hall–Kier alpha value is -4.50. The fraction of sp³-hybridized carbons (Fsp3) is 0.818. The van der Waals surface area contributed by atoms with Gasteiger partial charge in [-0.2, -0.15) is 0 Å². The van der Waals surface area contributed by atoms with Gasteiger partial charge in [-0.3, -0.25) is 33.3 Å². The second-order valence-corrected chi connectivity index (χ2v) is 19.5. The summed E-state index contributed by atoms with van der Waals surface area (Å²) in [4.78, 5) is 96.3. The highest BCUT2D eigenvalue weighted by Gasteiger charge is 2.44. The normalized spacial score (nSPS) is 14.3. The summed E-state index contributed by atoms with van der Waals surface area (Å²) in [6.45, 7) is 7.87. The number of hydrogen-bond acceptors (Lipinski definition) is 14. The molecule has 0 N–H and O–H groups in total. The molecule has 1 fully saturated rings. The zero-order chi connectivity index (χ0) is 51.7. The molecule has 71 heavy (non-hydrogen) atoms. The lowest BCUT2D eigenvalue weighted by Gasteiger charge is -2.47.